The van der Waals surface area contributed by atoms with Crippen LogP contribution in [0.2, 0.25) is 0 Å². The van der Waals surface area contributed by atoms with Gasteiger partial charge in [-0.3, -0.25) is 4.79 Å². The fourth-order valence-electron chi connectivity index (χ4n) is 0.925. The Bertz CT molecular complexity index is 164. The number of aliphatic hydroxyl groups excluding tert-OH is 2. The molecule has 13 heavy (non-hydrogen) atoms. The monoisotopic (exact) mass is 188 g/mol. The van der Waals surface area contributed by atoms with Crippen LogP contribution in [0, 0.1) is 5.41 Å². The van der Waals surface area contributed by atoms with E-state index in [0.717, 1.165) is 6.42 Å². The van der Waals surface area contributed by atoms with Gasteiger partial charge in [-0.2, -0.15) is 0 Å². The van der Waals surface area contributed by atoms with Crippen molar-refractivity contribution in [2.75, 3.05) is 6.61 Å². The Balaban J connectivity index is 3.88. The van der Waals surface area contributed by atoms with Crippen molar-refractivity contribution in [1.29, 1.82) is 0 Å². The van der Waals surface area contributed by atoms with Crippen LogP contribution in [-0.4, -0.2) is 28.7 Å². The van der Waals surface area contributed by atoms with Crippen LogP contribution in [0.4, 0.5) is 0 Å². The second-order valence-electron chi connectivity index (χ2n) is 4.04. The lowest BCUT2D eigenvalue weighted by Crippen LogP contribution is -2.25. The summed E-state index contributed by atoms with van der Waals surface area (Å²) in [6.45, 7) is 5.52. The summed E-state index contributed by atoms with van der Waals surface area (Å²) in [6, 6.07) is 0. The van der Waals surface area contributed by atoms with Crippen molar-refractivity contribution in [1.82, 2.24) is 0 Å². The number of rotatable bonds is 6. The lowest BCUT2D eigenvalue weighted by molar-refractivity contribution is -0.127. The van der Waals surface area contributed by atoms with Gasteiger partial charge in [0.25, 0.3) is 0 Å². The third-order valence-corrected chi connectivity index (χ3v) is 2.55. The zero-order chi connectivity index (χ0) is 10.5. The number of aliphatic hydroxyl groups is 2. The summed E-state index contributed by atoms with van der Waals surface area (Å²) in [5, 5.41) is 17.6. The topological polar surface area (TPSA) is 57.5 Å². The van der Waals surface area contributed by atoms with Crippen molar-refractivity contribution in [2.24, 2.45) is 5.41 Å². The minimum absolute atomic E-state index is 0.155. The van der Waals surface area contributed by atoms with Gasteiger partial charge < -0.3 is 10.2 Å². The average molecular weight is 188 g/mol. The van der Waals surface area contributed by atoms with E-state index in [9.17, 15) is 4.79 Å². The van der Waals surface area contributed by atoms with Crippen molar-refractivity contribution >= 4 is 5.78 Å². The molecule has 0 fully saturated rings. The summed E-state index contributed by atoms with van der Waals surface area (Å²) < 4.78 is 0. The zero-order valence-electron chi connectivity index (χ0n) is 8.71. The van der Waals surface area contributed by atoms with Crippen LogP contribution >= 0.6 is 0 Å². The Hall–Kier alpha value is -0.410. The highest BCUT2D eigenvalue weighted by atomic mass is 16.3. The molecule has 0 aromatic heterocycles. The van der Waals surface area contributed by atoms with Gasteiger partial charge in [-0.05, 0) is 12.8 Å². The molecule has 1 atom stereocenters. The van der Waals surface area contributed by atoms with E-state index in [2.05, 4.69) is 0 Å². The van der Waals surface area contributed by atoms with Gasteiger partial charge in [-0.25, -0.2) is 0 Å². The van der Waals surface area contributed by atoms with Gasteiger partial charge >= 0.3 is 0 Å². The van der Waals surface area contributed by atoms with E-state index in [0.29, 0.717) is 12.8 Å². The fraction of sp³-hybridized carbons (Fsp3) is 0.900. The molecule has 0 radical (unpaired) electrons. The lowest BCUT2D eigenvalue weighted by atomic mass is 9.83. The minimum atomic E-state index is -0.753. The molecule has 0 aliphatic carbocycles. The highest BCUT2D eigenvalue weighted by Gasteiger charge is 2.24. The van der Waals surface area contributed by atoms with E-state index < -0.39 is 6.10 Å². The third-order valence-electron chi connectivity index (χ3n) is 2.55. The number of carbonyl (C=O) groups excluding carboxylic acids is 1. The molecular weight excluding hydrogens is 168 g/mol. The standard InChI is InChI=1S/C10H20O3/c1-4-10(2,3)9(13)6-5-8(12)7-11/h8,11-12H,4-7H2,1-3H3. The molecule has 3 heteroatoms. The third kappa shape index (κ3) is 4.39. The van der Waals surface area contributed by atoms with Gasteiger partial charge in [0.2, 0.25) is 0 Å². The van der Waals surface area contributed by atoms with Gasteiger partial charge in [0, 0.05) is 11.8 Å². The number of ketones is 1. The average Bonchev–Trinajstić information content (AvgIpc) is 2.13. The van der Waals surface area contributed by atoms with E-state index in [-0.39, 0.29) is 17.8 Å². The maximum absolute atomic E-state index is 11.5. The Morgan fingerprint density at radius 1 is 1.46 bits per heavy atom. The molecule has 0 saturated heterocycles. The first-order valence-electron chi connectivity index (χ1n) is 4.76. The second-order valence-corrected chi connectivity index (χ2v) is 4.04. The van der Waals surface area contributed by atoms with Crippen LogP contribution in [0.1, 0.15) is 40.0 Å². The lowest BCUT2D eigenvalue weighted by Gasteiger charge is -2.21. The minimum Gasteiger partial charge on any atom is -0.394 e. The zero-order valence-corrected chi connectivity index (χ0v) is 8.71. The molecule has 0 spiro atoms. The highest BCUT2D eigenvalue weighted by molar-refractivity contribution is 5.83. The Morgan fingerprint density at radius 2 is 2.00 bits per heavy atom. The van der Waals surface area contributed by atoms with Gasteiger partial charge in [0.1, 0.15) is 5.78 Å². The molecule has 0 aromatic rings. The van der Waals surface area contributed by atoms with Crippen LogP contribution in [0.15, 0.2) is 0 Å². The van der Waals surface area contributed by atoms with Crippen LogP contribution in [0.25, 0.3) is 0 Å². The van der Waals surface area contributed by atoms with Crippen molar-refractivity contribution in [2.45, 2.75) is 46.1 Å². The van der Waals surface area contributed by atoms with Crippen molar-refractivity contribution < 1.29 is 15.0 Å². The quantitative estimate of drug-likeness (QED) is 0.657. The number of Topliss-reactive ketones (excluding diaryl/α,β-unsaturated/α-hetero) is 1. The van der Waals surface area contributed by atoms with Crippen LogP contribution in [0.5, 0.6) is 0 Å². The maximum atomic E-state index is 11.5. The number of hydrogen-bond donors (Lipinski definition) is 2. The molecule has 0 bridgehead atoms. The van der Waals surface area contributed by atoms with Crippen molar-refractivity contribution in [3.05, 3.63) is 0 Å². The Kier molecular flexibility index (Phi) is 5.18. The molecule has 0 heterocycles. The first-order chi connectivity index (χ1) is 5.94. The van der Waals surface area contributed by atoms with Crippen LogP contribution in [0.3, 0.4) is 0 Å². The normalized spacial score (nSPS) is 14.2. The van der Waals surface area contributed by atoms with Gasteiger partial charge in [0.05, 0.1) is 12.7 Å². The predicted molar refractivity (Wildman–Crippen MR) is 51.4 cm³/mol. The van der Waals surface area contributed by atoms with E-state index in [4.69, 9.17) is 10.2 Å². The van der Waals surface area contributed by atoms with E-state index in [1.807, 2.05) is 20.8 Å². The largest absolute Gasteiger partial charge is 0.394 e. The summed E-state index contributed by atoms with van der Waals surface area (Å²) in [7, 11) is 0. The molecule has 0 saturated carbocycles. The van der Waals surface area contributed by atoms with Crippen LogP contribution in [-0.2, 0) is 4.79 Å². The molecule has 0 amide bonds. The first kappa shape index (κ1) is 12.6. The summed E-state index contributed by atoms with van der Waals surface area (Å²) >= 11 is 0. The van der Waals surface area contributed by atoms with E-state index >= 15 is 0 Å². The fourth-order valence-corrected chi connectivity index (χ4v) is 0.925. The van der Waals surface area contributed by atoms with Gasteiger partial charge in [-0.15, -0.1) is 0 Å². The number of carbonyl (C=O) groups is 1. The highest BCUT2D eigenvalue weighted by Crippen LogP contribution is 2.23. The summed E-state index contributed by atoms with van der Waals surface area (Å²) in [6.07, 6.45) is 0.763. The Morgan fingerprint density at radius 3 is 2.38 bits per heavy atom. The van der Waals surface area contributed by atoms with Gasteiger partial charge in [0.15, 0.2) is 0 Å². The predicted octanol–water partition coefficient (Wildman–Crippen LogP) is 1.13. The molecule has 0 aliphatic rings. The molecule has 1 unspecified atom stereocenters. The maximum Gasteiger partial charge on any atom is 0.138 e. The SMILES string of the molecule is CCC(C)(C)C(=O)CCC(O)CO. The summed E-state index contributed by atoms with van der Waals surface area (Å²) in [5.74, 6) is 0.155. The molecule has 78 valence electrons. The van der Waals surface area contributed by atoms with Gasteiger partial charge in [-0.1, -0.05) is 20.8 Å². The second kappa shape index (κ2) is 5.35. The smallest absolute Gasteiger partial charge is 0.138 e. The molecule has 0 aliphatic heterocycles. The molecule has 2 N–H and O–H groups in total. The van der Waals surface area contributed by atoms with E-state index in [1.54, 1.807) is 0 Å². The van der Waals surface area contributed by atoms with Crippen LogP contribution < -0.4 is 0 Å². The number of hydrogen-bond acceptors (Lipinski definition) is 3. The van der Waals surface area contributed by atoms with Crippen molar-refractivity contribution in [3.63, 3.8) is 0 Å². The van der Waals surface area contributed by atoms with Crippen molar-refractivity contribution in [3.8, 4) is 0 Å². The van der Waals surface area contributed by atoms with E-state index in [1.165, 1.54) is 0 Å². The molecular formula is C10H20O3. The molecule has 0 rings (SSSR count). The molecule has 0 aromatic carbocycles. The Labute approximate surface area is 79.8 Å². The molecule has 3 nitrogen and oxygen atoms in total. The summed E-state index contributed by atoms with van der Waals surface area (Å²) in [5.41, 5.74) is -0.296. The summed E-state index contributed by atoms with van der Waals surface area (Å²) in [4.78, 5) is 11.5. The first-order valence-corrected chi connectivity index (χ1v) is 4.76.